The van der Waals surface area contributed by atoms with Crippen LogP contribution in [0.2, 0.25) is 0 Å². The topological polar surface area (TPSA) is 10.9 Å². The summed E-state index contributed by atoms with van der Waals surface area (Å²) in [5, 5.41) is 6.56. The van der Waals surface area contributed by atoms with Crippen molar-refractivity contribution in [2.24, 2.45) is 0 Å². The number of nitrogens with zero attached hydrogens (tertiary/aromatic N) is 3. The minimum Gasteiger partial charge on any atom is -0.311 e. The molecular formula is C61H50BN3S. The summed E-state index contributed by atoms with van der Waals surface area (Å²) in [6.07, 6.45) is 0. The molecule has 0 unspecified atom stereocenters. The van der Waals surface area contributed by atoms with Gasteiger partial charge in [-0.3, -0.25) is 0 Å². The predicted molar refractivity (Wildman–Crippen MR) is 285 cm³/mol. The lowest BCUT2D eigenvalue weighted by Gasteiger charge is -2.43. The van der Waals surface area contributed by atoms with Crippen molar-refractivity contribution in [1.82, 2.24) is 4.40 Å². The third kappa shape index (κ3) is 4.94. The Balaban J connectivity index is 1.11. The van der Waals surface area contributed by atoms with E-state index in [1.165, 1.54) is 131 Å². The summed E-state index contributed by atoms with van der Waals surface area (Å²) in [5.41, 5.74) is 22.2. The first-order valence-corrected chi connectivity index (χ1v) is 24.4. The van der Waals surface area contributed by atoms with Crippen molar-refractivity contribution in [2.45, 2.75) is 71.6 Å². The smallest absolute Gasteiger partial charge is 0.264 e. The van der Waals surface area contributed by atoms with Gasteiger partial charge in [0.2, 0.25) is 0 Å². The molecule has 2 aliphatic heterocycles. The Kier molecular flexibility index (Phi) is 7.43. The number of fused-ring (bicyclic) bond motifs is 15. The average molecular weight is 868 g/mol. The first-order valence-electron chi connectivity index (χ1n) is 23.6. The molecule has 0 amide bonds. The number of thiophene rings is 1. The summed E-state index contributed by atoms with van der Waals surface area (Å²) >= 11 is 2.01. The maximum absolute atomic E-state index is 2.62. The van der Waals surface area contributed by atoms with Gasteiger partial charge in [0.25, 0.3) is 6.71 Å². The number of rotatable bonds is 2. The first kappa shape index (κ1) is 38.5. The molecule has 3 aliphatic rings. The SMILES string of the molecule is CC(C)(C)c1ccc(N2c3cc4c(cc3B3c5sc6cc7c(cc6c5N(c5ccc(C(C)(C)C)cc5)c5cccc2c53)-c2ccccc2C7(C)C)c2cccc3c5ccccc5n4c32)cc1. The van der Waals surface area contributed by atoms with Crippen molar-refractivity contribution >= 4 is 116 Å². The van der Waals surface area contributed by atoms with Crippen molar-refractivity contribution in [3.8, 4) is 11.1 Å². The first-order chi connectivity index (χ1) is 31.8. The second-order valence-corrected chi connectivity index (χ2v) is 22.9. The summed E-state index contributed by atoms with van der Waals surface area (Å²) in [6.45, 7) is 18.7. The van der Waals surface area contributed by atoms with Gasteiger partial charge in [-0.1, -0.05) is 152 Å². The molecule has 0 fully saturated rings. The van der Waals surface area contributed by atoms with Crippen LogP contribution in [0.15, 0.2) is 158 Å². The predicted octanol–water partition coefficient (Wildman–Crippen LogP) is 15.0. The van der Waals surface area contributed by atoms with Crippen LogP contribution in [0.4, 0.5) is 34.1 Å². The van der Waals surface area contributed by atoms with Gasteiger partial charge in [0, 0.05) is 70.3 Å². The van der Waals surface area contributed by atoms with Gasteiger partial charge in [-0.25, -0.2) is 0 Å². The van der Waals surface area contributed by atoms with Crippen molar-refractivity contribution in [3.63, 3.8) is 0 Å². The van der Waals surface area contributed by atoms with Crippen LogP contribution in [0.3, 0.4) is 0 Å². The molecule has 8 aromatic carbocycles. The van der Waals surface area contributed by atoms with Crippen molar-refractivity contribution in [3.05, 3.63) is 180 Å². The Morgan fingerprint density at radius 3 is 1.80 bits per heavy atom. The highest BCUT2D eigenvalue weighted by Gasteiger charge is 2.46. The van der Waals surface area contributed by atoms with Crippen molar-refractivity contribution in [1.29, 1.82) is 0 Å². The lowest BCUT2D eigenvalue weighted by Crippen LogP contribution is -2.60. The summed E-state index contributed by atoms with van der Waals surface area (Å²) < 4.78 is 5.29. The normalized spacial score (nSPS) is 15.0. The molecule has 0 spiro atoms. The van der Waals surface area contributed by atoms with E-state index in [1.807, 2.05) is 11.3 Å². The summed E-state index contributed by atoms with van der Waals surface area (Å²) in [6, 6.07) is 61.0. The van der Waals surface area contributed by atoms with E-state index in [0.29, 0.717) is 0 Å². The molecule has 11 aromatic rings. The van der Waals surface area contributed by atoms with Crippen LogP contribution in [-0.4, -0.2) is 11.1 Å². The lowest BCUT2D eigenvalue weighted by atomic mass is 9.36. The summed E-state index contributed by atoms with van der Waals surface area (Å²) in [4.78, 5) is 5.20. The van der Waals surface area contributed by atoms with Crippen LogP contribution in [0, 0.1) is 0 Å². The van der Waals surface area contributed by atoms with Crippen LogP contribution in [-0.2, 0) is 16.2 Å². The zero-order valence-corrected chi connectivity index (χ0v) is 39.7. The molecule has 0 radical (unpaired) electrons. The van der Waals surface area contributed by atoms with Crippen molar-refractivity contribution < 1.29 is 0 Å². The molecule has 0 saturated carbocycles. The van der Waals surface area contributed by atoms with Gasteiger partial charge in [-0.15, -0.1) is 11.3 Å². The van der Waals surface area contributed by atoms with Gasteiger partial charge >= 0.3 is 0 Å². The minimum atomic E-state index is -0.0913. The molecule has 5 heteroatoms. The van der Waals surface area contributed by atoms with Gasteiger partial charge < -0.3 is 14.2 Å². The van der Waals surface area contributed by atoms with Crippen LogP contribution < -0.4 is 25.5 Å². The largest absolute Gasteiger partial charge is 0.311 e. The zero-order valence-electron chi connectivity index (χ0n) is 38.8. The molecule has 0 atom stereocenters. The van der Waals surface area contributed by atoms with Gasteiger partial charge in [-0.2, -0.15) is 0 Å². The van der Waals surface area contributed by atoms with E-state index in [2.05, 4.69) is 227 Å². The molecule has 3 aromatic heterocycles. The maximum Gasteiger partial charge on any atom is 0.264 e. The van der Waals surface area contributed by atoms with Gasteiger partial charge in [0.05, 0.1) is 22.2 Å². The second-order valence-electron chi connectivity index (χ2n) is 21.8. The fourth-order valence-corrected chi connectivity index (χ4v) is 13.6. The number of aromatic nitrogens is 1. The third-order valence-corrected chi connectivity index (χ3v) is 16.8. The average Bonchev–Trinajstić information content (AvgIpc) is 4.02. The Labute approximate surface area is 391 Å². The van der Waals surface area contributed by atoms with E-state index in [1.54, 1.807) is 0 Å². The fraction of sp³-hybridized carbons (Fsp3) is 0.180. The van der Waals surface area contributed by atoms with E-state index < -0.39 is 0 Å². The van der Waals surface area contributed by atoms with Crippen molar-refractivity contribution in [2.75, 3.05) is 9.80 Å². The van der Waals surface area contributed by atoms with Crippen LogP contribution in [0.5, 0.6) is 0 Å². The number of hydrogen-bond donors (Lipinski definition) is 0. The molecule has 5 heterocycles. The fourth-order valence-electron chi connectivity index (χ4n) is 12.3. The molecule has 66 heavy (non-hydrogen) atoms. The van der Waals surface area contributed by atoms with Crippen LogP contribution in [0.25, 0.3) is 59.3 Å². The quantitative estimate of drug-likeness (QED) is 0.160. The van der Waals surface area contributed by atoms with E-state index in [4.69, 9.17) is 0 Å². The van der Waals surface area contributed by atoms with Gasteiger partial charge in [-0.05, 0) is 116 Å². The van der Waals surface area contributed by atoms with E-state index in [0.717, 1.165) is 0 Å². The number of hydrogen-bond acceptors (Lipinski definition) is 3. The number of para-hydroxylation sites is 2. The van der Waals surface area contributed by atoms with E-state index in [-0.39, 0.29) is 23.0 Å². The summed E-state index contributed by atoms with van der Waals surface area (Å²) in [7, 11) is 0. The Bertz CT molecular complexity index is 3870. The Morgan fingerprint density at radius 2 is 1.09 bits per heavy atom. The molecule has 0 N–H and O–H groups in total. The number of benzene rings is 8. The molecule has 14 rings (SSSR count). The minimum absolute atomic E-state index is 0.0187. The van der Waals surface area contributed by atoms with E-state index >= 15 is 0 Å². The molecule has 0 bridgehead atoms. The standard InChI is InChI=1S/C61H50BN3S/c1-59(2,3)35-23-27-37(28-24-35)63-50-21-14-22-51-55(50)62(48-32-44-42-18-13-17-41-40-16-10-12-20-49(40)65(56(41)42)52(44)34-53(48)63)58-57(64(51)38-29-25-36(26-30-38)60(4,5)6)45-31-43-39-15-9-11-19-46(39)61(7,8)47(43)33-54(45)66-58/h9-34H,1-8H3. The highest BCUT2D eigenvalue weighted by molar-refractivity contribution is 7.33. The molecule has 318 valence electrons. The monoisotopic (exact) mass is 867 g/mol. The van der Waals surface area contributed by atoms with Crippen LogP contribution in [0.1, 0.15) is 77.6 Å². The molecule has 3 nitrogen and oxygen atoms in total. The van der Waals surface area contributed by atoms with Crippen LogP contribution >= 0.6 is 11.3 Å². The van der Waals surface area contributed by atoms with Gasteiger partial charge in [0.1, 0.15) is 0 Å². The molecule has 0 saturated heterocycles. The van der Waals surface area contributed by atoms with E-state index in [9.17, 15) is 0 Å². The highest BCUT2D eigenvalue weighted by atomic mass is 32.1. The van der Waals surface area contributed by atoms with Gasteiger partial charge in [0.15, 0.2) is 0 Å². The second kappa shape index (κ2) is 12.7. The Morgan fingerprint density at radius 1 is 0.485 bits per heavy atom. The Hall–Kier alpha value is -6.82. The molecule has 1 aliphatic carbocycles. The number of anilines is 6. The zero-order chi connectivity index (χ0) is 44.8. The third-order valence-electron chi connectivity index (χ3n) is 15.6. The molecular weight excluding hydrogens is 818 g/mol. The highest BCUT2D eigenvalue weighted by Crippen LogP contribution is 2.54. The summed E-state index contributed by atoms with van der Waals surface area (Å²) in [5.74, 6) is 0. The lowest BCUT2D eigenvalue weighted by molar-refractivity contribution is 0.590. The maximum atomic E-state index is 2.62.